The highest BCUT2D eigenvalue weighted by Crippen LogP contribution is 2.30. The molecule has 0 bridgehead atoms. The van der Waals surface area contributed by atoms with Gasteiger partial charge in [0.2, 0.25) is 0 Å². The van der Waals surface area contributed by atoms with Crippen molar-refractivity contribution in [3.63, 3.8) is 0 Å². The first-order valence-corrected chi connectivity index (χ1v) is 7.48. The minimum Gasteiger partial charge on any atom is -0.314 e. The molecule has 0 saturated heterocycles. The standard InChI is InChI=1S/C21H19N/c1-18(17-19-11-5-2-6-12-19)22(20-13-7-3-8-14-20)21-15-9-4-10-16-21/h2-17H,1H3/b18-17+. The SMILES string of the molecule is C/C(=C\c1ccccc1)N(c1ccccc1)c1ccccc1. The lowest BCUT2D eigenvalue weighted by atomic mass is 10.1. The Morgan fingerprint density at radius 3 is 1.50 bits per heavy atom. The molecule has 0 aliphatic carbocycles. The van der Waals surface area contributed by atoms with Crippen LogP contribution in [0.2, 0.25) is 0 Å². The first-order valence-electron chi connectivity index (χ1n) is 7.48. The molecule has 0 heterocycles. The Hall–Kier alpha value is -2.80. The summed E-state index contributed by atoms with van der Waals surface area (Å²) in [6, 6.07) is 31.3. The van der Waals surface area contributed by atoms with Crippen molar-refractivity contribution < 1.29 is 0 Å². The molecule has 3 aromatic rings. The van der Waals surface area contributed by atoms with Crippen LogP contribution in [0.5, 0.6) is 0 Å². The second-order valence-corrected chi connectivity index (χ2v) is 5.20. The number of hydrogen-bond donors (Lipinski definition) is 0. The maximum absolute atomic E-state index is 2.27. The van der Waals surface area contributed by atoms with Gasteiger partial charge in [0.1, 0.15) is 0 Å². The molecule has 0 aliphatic heterocycles. The average Bonchev–Trinajstić information content (AvgIpc) is 2.58. The number of benzene rings is 3. The van der Waals surface area contributed by atoms with E-state index in [9.17, 15) is 0 Å². The Morgan fingerprint density at radius 2 is 1.05 bits per heavy atom. The summed E-state index contributed by atoms with van der Waals surface area (Å²) in [5, 5.41) is 0. The maximum Gasteiger partial charge on any atom is 0.0458 e. The third kappa shape index (κ3) is 3.26. The number of anilines is 2. The molecule has 1 nitrogen and oxygen atoms in total. The van der Waals surface area contributed by atoms with Gasteiger partial charge >= 0.3 is 0 Å². The zero-order valence-corrected chi connectivity index (χ0v) is 12.7. The van der Waals surface area contributed by atoms with Crippen LogP contribution in [0.25, 0.3) is 6.08 Å². The highest BCUT2D eigenvalue weighted by atomic mass is 15.1. The summed E-state index contributed by atoms with van der Waals surface area (Å²) in [5.41, 5.74) is 4.72. The number of allylic oxidation sites excluding steroid dienone is 1. The van der Waals surface area contributed by atoms with E-state index in [1.54, 1.807) is 0 Å². The molecule has 1 heteroatoms. The van der Waals surface area contributed by atoms with Gasteiger partial charge in [0.25, 0.3) is 0 Å². The normalized spacial score (nSPS) is 11.2. The van der Waals surface area contributed by atoms with E-state index >= 15 is 0 Å². The third-order valence-corrected chi connectivity index (χ3v) is 3.56. The smallest absolute Gasteiger partial charge is 0.0458 e. The van der Waals surface area contributed by atoms with E-state index < -0.39 is 0 Å². The Morgan fingerprint density at radius 1 is 0.636 bits per heavy atom. The lowest BCUT2D eigenvalue weighted by Crippen LogP contribution is -2.14. The predicted molar refractivity (Wildman–Crippen MR) is 95.1 cm³/mol. The topological polar surface area (TPSA) is 3.24 Å². The number of nitrogens with zero attached hydrogens (tertiary/aromatic N) is 1. The van der Waals surface area contributed by atoms with Crippen molar-refractivity contribution in [3.05, 3.63) is 102 Å². The summed E-state index contributed by atoms with van der Waals surface area (Å²) < 4.78 is 0. The fourth-order valence-corrected chi connectivity index (χ4v) is 2.57. The van der Waals surface area contributed by atoms with E-state index in [0.717, 1.165) is 0 Å². The Bertz CT molecular complexity index is 691. The molecule has 3 rings (SSSR count). The van der Waals surface area contributed by atoms with E-state index in [4.69, 9.17) is 0 Å². The van der Waals surface area contributed by atoms with Crippen LogP contribution < -0.4 is 4.90 Å². The predicted octanol–water partition coefficient (Wildman–Crippen LogP) is 5.89. The van der Waals surface area contributed by atoms with Gasteiger partial charge in [-0.05, 0) is 42.8 Å². The summed E-state index contributed by atoms with van der Waals surface area (Å²) in [6.07, 6.45) is 2.21. The molecule has 108 valence electrons. The molecular weight excluding hydrogens is 266 g/mol. The van der Waals surface area contributed by atoms with Crippen molar-refractivity contribution in [2.75, 3.05) is 4.90 Å². The quantitative estimate of drug-likeness (QED) is 0.578. The number of hydrogen-bond acceptors (Lipinski definition) is 1. The summed E-state index contributed by atoms with van der Waals surface area (Å²) in [5.74, 6) is 0. The molecule has 0 saturated carbocycles. The van der Waals surface area contributed by atoms with Crippen molar-refractivity contribution in [1.82, 2.24) is 0 Å². The molecule has 0 N–H and O–H groups in total. The first kappa shape index (κ1) is 14.2. The Kier molecular flexibility index (Phi) is 4.35. The summed E-state index contributed by atoms with van der Waals surface area (Å²) >= 11 is 0. The highest BCUT2D eigenvalue weighted by Gasteiger charge is 2.10. The molecule has 0 aromatic heterocycles. The zero-order chi connectivity index (χ0) is 15.2. The second kappa shape index (κ2) is 6.77. The number of rotatable bonds is 4. The Balaban J connectivity index is 2.04. The zero-order valence-electron chi connectivity index (χ0n) is 12.7. The van der Waals surface area contributed by atoms with E-state index in [0.29, 0.717) is 0 Å². The van der Waals surface area contributed by atoms with Crippen molar-refractivity contribution in [1.29, 1.82) is 0 Å². The fraction of sp³-hybridized carbons (Fsp3) is 0.0476. The Labute approximate surface area is 132 Å². The molecule has 0 spiro atoms. The van der Waals surface area contributed by atoms with Crippen LogP contribution in [-0.4, -0.2) is 0 Å². The van der Waals surface area contributed by atoms with Crippen LogP contribution in [0.4, 0.5) is 11.4 Å². The van der Waals surface area contributed by atoms with E-state index in [-0.39, 0.29) is 0 Å². The van der Waals surface area contributed by atoms with Crippen LogP contribution in [0.1, 0.15) is 12.5 Å². The van der Waals surface area contributed by atoms with Crippen LogP contribution in [0.3, 0.4) is 0 Å². The lowest BCUT2D eigenvalue weighted by Gasteiger charge is -2.26. The largest absolute Gasteiger partial charge is 0.314 e. The van der Waals surface area contributed by atoms with Gasteiger partial charge in [-0.15, -0.1) is 0 Å². The van der Waals surface area contributed by atoms with Crippen LogP contribution in [-0.2, 0) is 0 Å². The third-order valence-electron chi connectivity index (χ3n) is 3.56. The minimum absolute atomic E-state index is 1.17. The van der Waals surface area contributed by atoms with Gasteiger partial charge < -0.3 is 4.90 Å². The molecular formula is C21H19N. The van der Waals surface area contributed by atoms with Crippen LogP contribution >= 0.6 is 0 Å². The van der Waals surface area contributed by atoms with Crippen LogP contribution in [0, 0.1) is 0 Å². The summed E-state index contributed by atoms with van der Waals surface area (Å²) in [7, 11) is 0. The van der Waals surface area contributed by atoms with Gasteiger partial charge in [-0.2, -0.15) is 0 Å². The molecule has 3 aromatic carbocycles. The van der Waals surface area contributed by atoms with Crippen LogP contribution in [0.15, 0.2) is 96.7 Å². The van der Waals surface area contributed by atoms with Crippen molar-refractivity contribution in [2.24, 2.45) is 0 Å². The minimum atomic E-state index is 1.17. The highest BCUT2D eigenvalue weighted by molar-refractivity contribution is 5.72. The summed E-state index contributed by atoms with van der Waals surface area (Å²) in [4.78, 5) is 2.27. The van der Waals surface area contributed by atoms with Gasteiger partial charge in [0, 0.05) is 17.1 Å². The number of para-hydroxylation sites is 2. The van der Waals surface area contributed by atoms with Gasteiger partial charge in [-0.1, -0.05) is 66.7 Å². The van der Waals surface area contributed by atoms with Gasteiger partial charge in [0.15, 0.2) is 0 Å². The van der Waals surface area contributed by atoms with E-state index in [1.807, 2.05) is 18.2 Å². The molecule has 0 atom stereocenters. The average molecular weight is 285 g/mol. The first-order chi connectivity index (χ1) is 10.8. The van der Waals surface area contributed by atoms with Crippen molar-refractivity contribution >= 4 is 17.5 Å². The van der Waals surface area contributed by atoms with Gasteiger partial charge in [-0.25, -0.2) is 0 Å². The van der Waals surface area contributed by atoms with Crippen molar-refractivity contribution in [3.8, 4) is 0 Å². The fourth-order valence-electron chi connectivity index (χ4n) is 2.57. The van der Waals surface area contributed by atoms with E-state index in [1.165, 1.54) is 22.6 Å². The lowest BCUT2D eigenvalue weighted by molar-refractivity contribution is 1.17. The van der Waals surface area contributed by atoms with Crippen molar-refractivity contribution in [2.45, 2.75) is 6.92 Å². The summed E-state index contributed by atoms with van der Waals surface area (Å²) in [6.45, 7) is 2.15. The molecule has 0 fully saturated rings. The molecule has 0 amide bonds. The molecule has 0 aliphatic rings. The maximum atomic E-state index is 2.27. The second-order valence-electron chi connectivity index (χ2n) is 5.20. The van der Waals surface area contributed by atoms with E-state index in [2.05, 4.69) is 90.7 Å². The van der Waals surface area contributed by atoms with Gasteiger partial charge in [0.05, 0.1) is 0 Å². The van der Waals surface area contributed by atoms with Gasteiger partial charge in [-0.3, -0.25) is 0 Å². The monoisotopic (exact) mass is 285 g/mol. The molecule has 22 heavy (non-hydrogen) atoms. The molecule has 0 unspecified atom stereocenters. The molecule has 0 radical (unpaired) electrons.